The Morgan fingerprint density at radius 3 is 3.00 bits per heavy atom. The van der Waals surface area contributed by atoms with Crippen molar-refractivity contribution in [2.75, 3.05) is 6.61 Å². The molecule has 1 rings (SSSR count). The lowest BCUT2D eigenvalue weighted by molar-refractivity contribution is -0.142. The Morgan fingerprint density at radius 2 is 2.50 bits per heavy atom. The van der Waals surface area contributed by atoms with E-state index in [2.05, 4.69) is 9.97 Å². The van der Waals surface area contributed by atoms with E-state index in [-0.39, 0.29) is 11.2 Å². The van der Waals surface area contributed by atoms with Crippen LogP contribution in [0, 0.1) is 0 Å². The third-order valence-corrected chi connectivity index (χ3v) is 2.90. The summed E-state index contributed by atoms with van der Waals surface area (Å²) in [7, 11) is 0. The summed E-state index contributed by atoms with van der Waals surface area (Å²) in [5.74, 6) is -0.170. The van der Waals surface area contributed by atoms with Crippen LogP contribution in [0.25, 0.3) is 0 Å². The molecular weight excluding hydrogens is 200 g/mol. The molecule has 78 valence electrons. The number of carbonyl (C=O) groups excluding carboxylic acids is 1. The second-order valence-electron chi connectivity index (χ2n) is 2.66. The first-order chi connectivity index (χ1) is 6.77. The van der Waals surface area contributed by atoms with Gasteiger partial charge in [0.15, 0.2) is 5.16 Å². The van der Waals surface area contributed by atoms with Gasteiger partial charge in [-0.2, -0.15) is 0 Å². The van der Waals surface area contributed by atoms with E-state index in [1.54, 1.807) is 12.4 Å². The molecule has 0 aromatic carbocycles. The summed E-state index contributed by atoms with van der Waals surface area (Å²) in [5, 5.41) is 0.589. The molecule has 0 unspecified atom stereocenters. The van der Waals surface area contributed by atoms with Crippen LogP contribution in [0.15, 0.2) is 17.6 Å². The number of hydrogen-bond acceptors (Lipinski definition) is 4. The van der Waals surface area contributed by atoms with Crippen LogP contribution in [-0.2, 0) is 9.53 Å². The molecule has 0 aliphatic rings. The van der Waals surface area contributed by atoms with Crippen molar-refractivity contribution in [1.82, 2.24) is 9.97 Å². The molecule has 0 spiro atoms. The van der Waals surface area contributed by atoms with Gasteiger partial charge in [0.1, 0.15) is 5.25 Å². The van der Waals surface area contributed by atoms with E-state index in [0.717, 1.165) is 11.6 Å². The second kappa shape index (κ2) is 5.70. The third-order valence-electron chi connectivity index (χ3n) is 1.65. The summed E-state index contributed by atoms with van der Waals surface area (Å²) < 4.78 is 4.94. The van der Waals surface area contributed by atoms with Crippen LogP contribution in [0.2, 0.25) is 0 Å². The minimum Gasteiger partial charge on any atom is -0.465 e. The molecule has 1 aromatic rings. The van der Waals surface area contributed by atoms with Crippen LogP contribution in [0.4, 0.5) is 0 Å². The monoisotopic (exact) mass is 214 g/mol. The number of hydrogen-bond donors (Lipinski definition) is 1. The molecular formula is C9H14N2O2S. The SMILES string of the molecule is CCOC(=O)[C@@H](CC)Sc1ncc[nH]1. The average Bonchev–Trinajstić information content (AvgIpc) is 2.66. The maximum atomic E-state index is 11.4. The number of nitrogens with zero attached hydrogens (tertiary/aromatic N) is 1. The highest BCUT2D eigenvalue weighted by atomic mass is 32.2. The number of imidazole rings is 1. The number of ether oxygens (including phenoxy) is 1. The van der Waals surface area contributed by atoms with Gasteiger partial charge in [-0.05, 0) is 13.3 Å². The maximum absolute atomic E-state index is 11.4. The van der Waals surface area contributed by atoms with Crippen molar-refractivity contribution in [3.63, 3.8) is 0 Å². The Kier molecular flexibility index (Phi) is 4.52. The first-order valence-electron chi connectivity index (χ1n) is 4.60. The van der Waals surface area contributed by atoms with E-state index in [4.69, 9.17) is 4.74 Å². The molecule has 0 aliphatic heterocycles. The van der Waals surface area contributed by atoms with Crippen LogP contribution >= 0.6 is 11.8 Å². The molecule has 0 saturated heterocycles. The van der Waals surface area contributed by atoms with Crippen LogP contribution in [0.1, 0.15) is 20.3 Å². The zero-order valence-corrected chi connectivity index (χ0v) is 9.13. The predicted molar refractivity (Wildman–Crippen MR) is 55.2 cm³/mol. The number of rotatable bonds is 5. The third kappa shape index (κ3) is 3.06. The number of esters is 1. The summed E-state index contributed by atoms with van der Waals surface area (Å²) in [6.45, 7) is 4.19. The van der Waals surface area contributed by atoms with E-state index in [9.17, 15) is 4.79 Å². The van der Waals surface area contributed by atoms with Crippen molar-refractivity contribution in [3.05, 3.63) is 12.4 Å². The fraction of sp³-hybridized carbons (Fsp3) is 0.556. The van der Waals surface area contributed by atoms with Gasteiger partial charge in [-0.3, -0.25) is 4.79 Å². The van der Waals surface area contributed by atoms with Crippen molar-refractivity contribution < 1.29 is 9.53 Å². The molecule has 1 aromatic heterocycles. The first-order valence-corrected chi connectivity index (χ1v) is 5.48. The first kappa shape index (κ1) is 11.1. The molecule has 14 heavy (non-hydrogen) atoms. The predicted octanol–water partition coefficient (Wildman–Crippen LogP) is 1.84. The van der Waals surface area contributed by atoms with Crippen LogP contribution in [0.3, 0.4) is 0 Å². The summed E-state index contributed by atoms with van der Waals surface area (Å²) in [5.41, 5.74) is 0. The smallest absolute Gasteiger partial charge is 0.319 e. The van der Waals surface area contributed by atoms with Crippen LogP contribution in [0.5, 0.6) is 0 Å². The zero-order chi connectivity index (χ0) is 10.4. The summed E-state index contributed by atoms with van der Waals surface area (Å²) in [6.07, 6.45) is 4.14. The molecule has 0 saturated carbocycles. The van der Waals surface area contributed by atoms with Crippen molar-refractivity contribution in [1.29, 1.82) is 0 Å². The van der Waals surface area contributed by atoms with Crippen molar-refractivity contribution in [2.24, 2.45) is 0 Å². The van der Waals surface area contributed by atoms with Gasteiger partial charge in [0.2, 0.25) is 0 Å². The highest BCUT2D eigenvalue weighted by Crippen LogP contribution is 2.22. The lowest BCUT2D eigenvalue weighted by atomic mass is 10.3. The van der Waals surface area contributed by atoms with E-state index in [1.165, 1.54) is 11.8 Å². The van der Waals surface area contributed by atoms with Gasteiger partial charge in [0.05, 0.1) is 6.61 Å². The molecule has 0 bridgehead atoms. The molecule has 1 atom stereocenters. The van der Waals surface area contributed by atoms with E-state index in [0.29, 0.717) is 6.61 Å². The summed E-state index contributed by atoms with van der Waals surface area (Å²) in [6, 6.07) is 0. The summed E-state index contributed by atoms with van der Waals surface area (Å²) >= 11 is 1.40. The Bertz CT molecular complexity index is 274. The number of aromatic nitrogens is 2. The van der Waals surface area contributed by atoms with Crippen LogP contribution < -0.4 is 0 Å². The normalized spacial score (nSPS) is 12.4. The van der Waals surface area contributed by atoms with Gasteiger partial charge >= 0.3 is 5.97 Å². The fourth-order valence-electron chi connectivity index (χ4n) is 0.983. The topological polar surface area (TPSA) is 55.0 Å². The van der Waals surface area contributed by atoms with E-state index >= 15 is 0 Å². The highest BCUT2D eigenvalue weighted by Gasteiger charge is 2.19. The maximum Gasteiger partial charge on any atom is 0.319 e. The standard InChI is InChI=1S/C9H14N2O2S/c1-3-7(8(12)13-4-2)14-9-10-5-6-11-9/h5-7H,3-4H2,1-2H3,(H,10,11)/t7-/m1/s1. The Morgan fingerprint density at radius 1 is 1.71 bits per heavy atom. The van der Waals surface area contributed by atoms with Crippen molar-refractivity contribution >= 4 is 17.7 Å². The summed E-state index contributed by atoms with van der Waals surface area (Å²) in [4.78, 5) is 18.4. The Labute approximate surface area is 87.4 Å². The van der Waals surface area contributed by atoms with Crippen LogP contribution in [-0.4, -0.2) is 27.8 Å². The van der Waals surface area contributed by atoms with Gasteiger partial charge in [0.25, 0.3) is 0 Å². The highest BCUT2D eigenvalue weighted by molar-refractivity contribution is 8.00. The molecule has 5 heteroatoms. The molecule has 0 radical (unpaired) electrons. The number of thioether (sulfide) groups is 1. The lowest BCUT2D eigenvalue weighted by Gasteiger charge is -2.10. The van der Waals surface area contributed by atoms with Crippen molar-refractivity contribution in [3.8, 4) is 0 Å². The molecule has 0 fully saturated rings. The van der Waals surface area contributed by atoms with Gasteiger partial charge in [0, 0.05) is 12.4 Å². The zero-order valence-electron chi connectivity index (χ0n) is 8.32. The number of nitrogens with one attached hydrogen (secondary N) is 1. The number of carbonyl (C=O) groups is 1. The molecule has 0 aliphatic carbocycles. The average molecular weight is 214 g/mol. The largest absolute Gasteiger partial charge is 0.465 e. The van der Waals surface area contributed by atoms with Gasteiger partial charge in [-0.25, -0.2) is 4.98 Å². The Hall–Kier alpha value is -0.970. The number of H-pyrrole nitrogens is 1. The molecule has 1 heterocycles. The quantitative estimate of drug-likeness (QED) is 0.600. The minimum atomic E-state index is -0.170. The van der Waals surface area contributed by atoms with E-state index in [1.807, 2.05) is 13.8 Å². The molecule has 4 nitrogen and oxygen atoms in total. The minimum absolute atomic E-state index is 0.166. The van der Waals surface area contributed by atoms with Gasteiger partial charge in [-0.1, -0.05) is 18.7 Å². The number of aromatic amines is 1. The molecule has 0 amide bonds. The molecule has 1 N–H and O–H groups in total. The second-order valence-corrected chi connectivity index (χ2v) is 3.85. The Balaban J connectivity index is 2.50. The van der Waals surface area contributed by atoms with Gasteiger partial charge in [-0.15, -0.1) is 0 Å². The van der Waals surface area contributed by atoms with Crippen molar-refractivity contribution in [2.45, 2.75) is 30.7 Å². The lowest BCUT2D eigenvalue weighted by Crippen LogP contribution is -2.19. The fourth-order valence-corrected chi connectivity index (χ4v) is 1.84. The van der Waals surface area contributed by atoms with Gasteiger partial charge < -0.3 is 9.72 Å². The van der Waals surface area contributed by atoms with E-state index < -0.39 is 0 Å².